The molecule has 1 aliphatic heterocycles. The highest BCUT2D eigenvalue weighted by Gasteiger charge is 2.23. The molecule has 1 saturated heterocycles. The summed E-state index contributed by atoms with van der Waals surface area (Å²) in [5.41, 5.74) is 0.829. The SMILES string of the molecule is N#CC1CNCCN1Cc1noc(-c2ccc(Cl)cc2)n1. The van der Waals surface area contributed by atoms with Crippen LogP contribution in [0, 0.1) is 11.3 Å². The Morgan fingerprint density at radius 2 is 2.24 bits per heavy atom. The summed E-state index contributed by atoms with van der Waals surface area (Å²) in [7, 11) is 0. The van der Waals surface area contributed by atoms with Crippen LogP contribution in [0.1, 0.15) is 5.82 Å². The largest absolute Gasteiger partial charge is 0.334 e. The summed E-state index contributed by atoms with van der Waals surface area (Å²) in [4.78, 5) is 6.43. The third-order valence-corrected chi connectivity index (χ3v) is 3.66. The van der Waals surface area contributed by atoms with Crippen molar-refractivity contribution in [2.75, 3.05) is 19.6 Å². The van der Waals surface area contributed by atoms with Crippen molar-refractivity contribution < 1.29 is 4.52 Å². The van der Waals surface area contributed by atoms with Gasteiger partial charge in [-0.2, -0.15) is 10.2 Å². The molecular weight excluding hydrogens is 290 g/mol. The highest BCUT2D eigenvalue weighted by molar-refractivity contribution is 6.30. The van der Waals surface area contributed by atoms with Gasteiger partial charge in [-0.3, -0.25) is 4.90 Å². The lowest BCUT2D eigenvalue weighted by Crippen LogP contribution is -2.50. The smallest absolute Gasteiger partial charge is 0.257 e. The third-order valence-electron chi connectivity index (χ3n) is 3.41. The van der Waals surface area contributed by atoms with E-state index in [9.17, 15) is 0 Å². The number of benzene rings is 1. The summed E-state index contributed by atoms with van der Waals surface area (Å²) in [6.07, 6.45) is 0. The molecule has 108 valence electrons. The Labute approximate surface area is 127 Å². The third kappa shape index (κ3) is 3.22. The van der Waals surface area contributed by atoms with Crippen molar-refractivity contribution in [2.24, 2.45) is 0 Å². The molecule has 0 spiro atoms. The number of aromatic nitrogens is 2. The second-order valence-corrected chi connectivity index (χ2v) is 5.28. The van der Waals surface area contributed by atoms with Crippen LogP contribution in [0.15, 0.2) is 28.8 Å². The van der Waals surface area contributed by atoms with Gasteiger partial charge < -0.3 is 9.84 Å². The molecule has 21 heavy (non-hydrogen) atoms. The van der Waals surface area contributed by atoms with Crippen molar-refractivity contribution in [3.05, 3.63) is 35.1 Å². The number of rotatable bonds is 3. The van der Waals surface area contributed by atoms with Gasteiger partial charge in [0.15, 0.2) is 5.82 Å². The number of halogens is 1. The van der Waals surface area contributed by atoms with Gasteiger partial charge in [0, 0.05) is 30.2 Å². The monoisotopic (exact) mass is 303 g/mol. The van der Waals surface area contributed by atoms with E-state index in [1.54, 1.807) is 12.1 Å². The van der Waals surface area contributed by atoms with Gasteiger partial charge in [-0.05, 0) is 24.3 Å². The van der Waals surface area contributed by atoms with Gasteiger partial charge in [0.25, 0.3) is 5.89 Å². The summed E-state index contributed by atoms with van der Waals surface area (Å²) in [5, 5.41) is 17.0. The molecular formula is C14H14ClN5O. The molecule has 1 N–H and O–H groups in total. The number of hydrogen-bond acceptors (Lipinski definition) is 6. The molecule has 1 aromatic carbocycles. The van der Waals surface area contributed by atoms with Gasteiger partial charge in [-0.25, -0.2) is 0 Å². The average molecular weight is 304 g/mol. The molecule has 7 heteroatoms. The minimum Gasteiger partial charge on any atom is -0.334 e. The zero-order valence-corrected chi connectivity index (χ0v) is 12.0. The lowest BCUT2D eigenvalue weighted by molar-refractivity contribution is 0.183. The molecule has 2 aromatic rings. The van der Waals surface area contributed by atoms with Crippen LogP contribution in [-0.2, 0) is 6.54 Å². The Hall–Kier alpha value is -1.94. The topological polar surface area (TPSA) is 78.0 Å². The van der Waals surface area contributed by atoms with Crippen LogP contribution >= 0.6 is 11.6 Å². The fraction of sp³-hybridized carbons (Fsp3) is 0.357. The van der Waals surface area contributed by atoms with Crippen LogP contribution in [0.5, 0.6) is 0 Å². The molecule has 2 heterocycles. The Balaban J connectivity index is 1.73. The first kappa shape index (κ1) is 14.0. The fourth-order valence-electron chi connectivity index (χ4n) is 2.27. The molecule has 6 nitrogen and oxygen atoms in total. The normalized spacial score (nSPS) is 19.3. The van der Waals surface area contributed by atoms with Crippen LogP contribution in [0.4, 0.5) is 0 Å². The summed E-state index contributed by atoms with van der Waals surface area (Å²) in [6.45, 7) is 2.83. The van der Waals surface area contributed by atoms with E-state index in [-0.39, 0.29) is 6.04 Å². The van der Waals surface area contributed by atoms with Crippen molar-refractivity contribution >= 4 is 11.6 Å². The van der Waals surface area contributed by atoms with Gasteiger partial charge in [0.2, 0.25) is 0 Å². The lowest BCUT2D eigenvalue weighted by atomic mass is 10.2. The van der Waals surface area contributed by atoms with Crippen molar-refractivity contribution in [1.82, 2.24) is 20.4 Å². The Morgan fingerprint density at radius 1 is 1.43 bits per heavy atom. The van der Waals surface area contributed by atoms with Crippen LogP contribution < -0.4 is 5.32 Å². The number of nitrogens with one attached hydrogen (secondary N) is 1. The van der Waals surface area contributed by atoms with Crippen molar-refractivity contribution in [3.8, 4) is 17.5 Å². The van der Waals surface area contributed by atoms with Gasteiger partial charge in [0.1, 0.15) is 6.04 Å². The minimum atomic E-state index is -0.156. The molecule has 1 unspecified atom stereocenters. The summed E-state index contributed by atoms with van der Waals surface area (Å²) in [6, 6.07) is 9.36. The molecule has 0 bridgehead atoms. The van der Waals surface area contributed by atoms with Gasteiger partial charge in [0.05, 0.1) is 12.6 Å². The number of nitriles is 1. The second kappa shape index (κ2) is 6.22. The second-order valence-electron chi connectivity index (χ2n) is 4.84. The predicted octanol–water partition coefficient (Wildman–Crippen LogP) is 1.69. The van der Waals surface area contributed by atoms with Crippen LogP contribution in [-0.4, -0.2) is 40.7 Å². The number of nitrogens with zero attached hydrogens (tertiary/aromatic N) is 4. The average Bonchev–Trinajstić information content (AvgIpc) is 2.97. The van der Waals surface area contributed by atoms with E-state index in [4.69, 9.17) is 21.4 Å². The van der Waals surface area contributed by atoms with Crippen molar-refractivity contribution in [3.63, 3.8) is 0 Å². The van der Waals surface area contributed by atoms with Gasteiger partial charge in [-0.1, -0.05) is 16.8 Å². The summed E-state index contributed by atoms with van der Waals surface area (Å²) in [5.74, 6) is 1.05. The molecule has 1 atom stereocenters. The van der Waals surface area contributed by atoms with Gasteiger partial charge in [-0.15, -0.1) is 0 Å². The van der Waals surface area contributed by atoms with E-state index >= 15 is 0 Å². The molecule has 0 aliphatic carbocycles. The first-order chi connectivity index (χ1) is 10.3. The van der Waals surface area contributed by atoms with E-state index < -0.39 is 0 Å². The molecule has 1 aromatic heterocycles. The van der Waals surface area contributed by atoms with Gasteiger partial charge >= 0.3 is 0 Å². The Bertz CT molecular complexity index is 648. The maximum Gasteiger partial charge on any atom is 0.257 e. The van der Waals surface area contributed by atoms with Crippen molar-refractivity contribution in [2.45, 2.75) is 12.6 Å². The molecule has 0 radical (unpaired) electrons. The standard InChI is InChI=1S/C14H14ClN5O/c15-11-3-1-10(2-4-11)14-18-13(19-21-14)9-20-6-5-17-8-12(20)7-16/h1-4,12,17H,5-6,8-9H2. The van der Waals surface area contributed by atoms with Crippen LogP contribution in [0.3, 0.4) is 0 Å². The van der Waals surface area contributed by atoms with Crippen LogP contribution in [0.25, 0.3) is 11.5 Å². The molecule has 0 amide bonds. The Morgan fingerprint density at radius 3 is 3.00 bits per heavy atom. The van der Waals surface area contributed by atoms with E-state index in [2.05, 4.69) is 21.5 Å². The number of hydrogen-bond donors (Lipinski definition) is 1. The zero-order valence-electron chi connectivity index (χ0n) is 11.3. The number of piperazine rings is 1. The molecule has 3 rings (SSSR count). The first-order valence-electron chi connectivity index (χ1n) is 6.69. The van der Waals surface area contributed by atoms with E-state index in [0.29, 0.717) is 29.8 Å². The molecule has 0 saturated carbocycles. The maximum absolute atomic E-state index is 9.14. The molecule has 1 aliphatic rings. The highest BCUT2D eigenvalue weighted by atomic mass is 35.5. The van der Waals surface area contributed by atoms with Crippen molar-refractivity contribution in [1.29, 1.82) is 5.26 Å². The lowest BCUT2D eigenvalue weighted by Gasteiger charge is -2.30. The predicted molar refractivity (Wildman–Crippen MR) is 77.4 cm³/mol. The maximum atomic E-state index is 9.14. The molecule has 1 fully saturated rings. The highest BCUT2D eigenvalue weighted by Crippen LogP contribution is 2.20. The fourth-order valence-corrected chi connectivity index (χ4v) is 2.40. The Kier molecular flexibility index (Phi) is 4.15. The quantitative estimate of drug-likeness (QED) is 0.929. The van der Waals surface area contributed by atoms with E-state index in [1.165, 1.54) is 0 Å². The summed E-state index contributed by atoms with van der Waals surface area (Å²) >= 11 is 5.86. The van der Waals surface area contributed by atoms with E-state index in [0.717, 1.165) is 18.7 Å². The van der Waals surface area contributed by atoms with Crippen LogP contribution in [0.2, 0.25) is 5.02 Å². The van der Waals surface area contributed by atoms with E-state index in [1.807, 2.05) is 17.0 Å². The minimum absolute atomic E-state index is 0.156. The first-order valence-corrected chi connectivity index (χ1v) is 7.07. The zero-order chi connectivity index (χ0) is 14.7. The summed E-state index contributed by atoms with van der Waals surface area (Å²) < 4.78 is 5.27.